The topological polar surface area (TPSA) is 60.1 Å². The lowest BCUT2D eigenvalue weighted by atomic mass is 10.3. The van der Waals surface area contributed by atoms with Crippen LogP contribution in [0.5, 0.6) is 0 Å². The zero-order valence-corrected chi connectivity index (χ0v) is 11.3. The molecule has 0 aromatic carbocycles. The Bertz CT molecular complexity index is 603. The zero-order chi connectivity index (χ0) is 15.5. The number of furan rings is 1. The molecule has 114 valence electrons. The molecule has 0 fully saturated rings. The minimum absolute atomic E-state index is 0.199. The van der Waals surface area contributed by atoms with Crippen molar-refractivity contribution in [3.63, 3.8) is 0 Å². The first-order valence-corrected chi connectivity index (χ1v) is 6.31. The number of amides is 1. The molecule has 0 unspecified atom stereocenters. The van der Waals surface area contributed by atoms with E-state index >= 15 is 0 Å². The predicted octanol–water partition coefficient (Wildman–Crippen LogP) is 2.62. The maximum absolute atomic E-state index is 12.5. The number of carbonyl (C=O) groups excluding carboxylic acids is 1. The van der Waals surface area contributed by atoms with E-state index in [1.807, 2.05) is 0 Å². The zero-order valence-electron chi connectivity index (χ0n) is 11.3. The summed E-state index contributed by atoms with van der Waals surface area (Å²) in [5.74, 6) is -0.155. The molecule has 0 aliphatic rings. The summed E-state index contributed by atoms with van der Waals surface area (Å²) in [7, 11) is 0. The molecule has 1 amide bonds. The van der Waals surface area contributed by atoms with Gasteiger partial charge in [-0.15, -0.1) is 0 Å². The van der Waals surface area contributed by atoms with Crippen LogP contribution in [0.4, 0.5) is 13.2 Å². The van der Waals surface area contributed by atoms with E-state index in [9.17, 15) is 18.0 Å². The van der Waals surface area contributed by atoms with Crippen LogP contribution in [0.2, 0.25) is 0 Å². The van der Waals surface area contributed by atoms with Crippen molar-refractivity contribution in [2.24, 2.45) is 0 Å². The molecule has 21 heavy (non-hydrogen) atoms. The number of halogens is 3. The molecule has 0 spiro atoms. The van der Waals surface area contributed by atoms with Gasteiger partial charge in [-0.3, -0.25) is 9.48 Å². The Morgan fingerprint density at radius 1 is 1.48 bits per heavy atom. The quantitative estimate of drug-likeness (QED) is 0.864. The molecular formula is C13H14F3N3O2. The highest BCUT2D eigenvalue weighted by atomic mass is 19.4. The van der Waals surface area contributed by atoms with Crippen molar-refractivity contribution in [2.75, 3.05) is 6.54 Å². The van der Waals surface area contributed by atoms with Gasteiger partial charge in [0.25, 0.3) is 5.91 Å². The summed E-state index contributed by atoms with van der Waals surface area (Å²) in [6.07, 6.45) is -2.59. The van der Waals surface area contributed by atoms with Gasteiger partial charge in [-0.1, -0.05) is 0 Å². The summed E-state index contributed by atoms with van der Waals surface area (Å²) < 4.78 is 43.7. The third-order valence-electron chi connectivity index (χ3n) is 2.85. The molecule has 2 aromatic rings. The summed E-state index contributed by atoms with van der Waals surface area (Å²) in [5.41, 5.74) is -0.473. The van der Waals surface area contributed by atoms with Crippen LogP contribution in [0.15, 0.2) is 28.9 Å². The SMILES string of the molecule is Cc1cc(C(F)(F)F)nn1CCCNC(=O)c1ccco1. The van der Waals surface area contributed by atoms with Crippen LogP contribution in [0.25, 0.3) is 0 Å². The van der Waals surface area contributed by atoms with E-state index in [-0.39, 0.29) is 11.7 Å². The second kappa shape index (κ2) is 6.02. The Labute approximate surface area is 118 Å². The number of aromatic nitrogens is 2. The molecule has 0 bridgehead atoms. The van der Waals surface area contributed by atoms with E-state index in [0.29, 0.717) is 25.2 Å². The van der Waals surface area contributed by atoms with Gasteiger partial charge in [0.2, 0.25) is 0 Å². The first-order valence-electron chi connectivity index (χ1n) is 6.31. The van der Waals surface area contributed by atoms with Gasteiger partial charge in [0, 0.05) is 18.8 Å². The number of nitrogens with zero attached hydrogens (tertiary/aromatic N) is 2. The molecule has 0 saturated heterocycles. The second-order valence-corrected chi connectivity index (χ2v) is 4.48. The number of aryl methyl sites for hydroxylation is 2. The van der Waals surface area contributed by atoms with Gasteiger partial charge in [-0.25, -0.2) is 0 Å². The molecule has 0 aliphatic heterocycles. The van der Waals surface area contributed by atoms with Gasteiger partial charge in [0.05, 0.1) is 6.26 Å². The van der Waals surface area contributed by atoms with Crippen molar-refractivity contribution in [1.29, 1.82) is 0 Å². The molecule has 0 saturated carbocycles. The molecule has 0 atom stereocenters. The normalized spacial score (nSPS) is 11.6. The molecule has 0 radical (unpaired) electrons. The molecule has 0 aliphatic carbocycles. The molecule has 5 nitrogen and oxygen atoms in total. The monoisotopic (exact) mass is 301 g/mol. The Hall–Kier alpha value is -2.25. The van der Waals surface area contributed by atoms with Gasteiger partial charge in [-0.2, -0.15) is 18.3 Å². The molecule has 8 heteroatoms. The van der Waals surface area contributed by atoms with Crippen LogP contribution in [-0.4, -0.2) is 22.2 Å². The van der Waals surface area contributed by atoms with Crippen LogP contribution < -0.4 is 5.32 Å². The standard InChI is InChI=1S/C13H14F3N3O2/c1-9-8-11(13(14,15)16)18-19(9)6-3-5-17-12(20)10-4-2-7-21-10/h2,4,7-8H,3,5-6H2,1H3,(H,17,20). The molecule has 2 aromatic heterocycles. The summed E-state index contributed by atoms with van der Waals surface area (Å²) >= 11 is 0. The number of hydrogen-bond acceptors (Lipinski definition) is 3. The van der Waals surface area contributed by atoms with Crippen molar-refractivity contribution in [3.05, 3.63) is 41.6 Å². The summed E-state index contributed by atoms with van der Waals surface area (Å²) in [4.78, 5) is 11.5. The fourth-order valence-electron chi connectivity index (χ4n) is 1.80. The van der Waals surface area contributed by atoms with Crippen molar-refractivity contribution < 1.29 is 22.4 Å². The lowest BCUT2D eigenvalue weighted by Crippen LogP contribution is -2.25. The van der Waals surface area contributed by atoms with Crippen LogP contribution in [0.1, 0.15) is 28.4 Å². The number of carbonyl (C=O) groups is 1. The lowest BCUT2D eigenvalue weighted by molar-refractivity contribution is -0.141. The van der Waals surface area contributed by atoms with Crippen molar-refractivity contribution >= 4 is 5.91 Å². The average Bonchev–Trinajstić information content (AvgIpc) is 3.03. The smallest absolute Gasteiger partial charge is 0.435 e. The maximum atomic E-state index is 12.5. The molecule has 2 heterocycles. The van der Waals surface area contributed by atoms with Gasteiger partial charge < -0.3 is 9.73 Å². The number of nitrogens with one attached hydrogen (secondary N) is 1. The Balaban J connectivity index is 1.81. The molecular weight excluding hydrogens is 287 g/mol. The minimum Gasteiger partial charge on any atom is -0.459 e. The second-order valence-electron chi connectivity index (χ2n) is 4.48. The summed E-state index contributed by atoms with van der Waals surface area (Å²) in [6.45, 7) is 2.17. The highest BCUT2D eigenvalue weighted by Crippen LogP contribution is 2.28. The van der Waals surface area contributed by atoms with Gasteiger partial charge in [0.15, 0.2) is 11.5 Å². The fraction of sp³-hybridized carbons (Fsp3) is 0.385. The summed E-state index contributed by atoms with van der Waals surface area (Å²) in [6, 6.07) is 4.13. The van der Waals surface area contributed by atoms with Gasteiger partial charge >= 0.3 is 6.18 Å². The number of rotatable bonds is 5. The average molecular weight is 301 g/mol. The maximum Gasteiger partial charge on any atom is 0.435 e. The van der Waals surface area contributed by atoms with Crippen LogP contribution in [-0.2, 0) is 12.7 Å². The van der Waals surface area contributed by atoms with E-state index < -0.39 is 11.9 Å². The van der Waals surface area contributed by atoms with Crippen LogP contribution in [0.3, 0.4) is 0 Å². The molecule has 1 N–H and O–H groups in total. The first-order chi connectivity index (χ1) is 9.88. The Morgan fingerprint density at radius 3 is 2.81 bits per heavy atom. The summed E-state index contributed by atoms with van der Waals surface area (Å²) in [5, 5.41) is 6.12. The van der Waals surface area contributed by atoms with Crippen molar-refractivity contribution in [1.82, 2.24) is 15.1 Å². The number of alkyl halides is 3. The predicted molar refractivity (Wildman–Crippen MR) is 67.6 cm³/mol. The minimum atomic E-state index is -4.44. The van der Waals surface area contributed by atoms with Gasteiger partial charge in [0.1, 0.15) is 0 Å². The van der Waals surface area contributed by atoms with Crippen molar-refractivity contribution in [2.45, 2.75) is 26.1 Å². The largest absolute Gasteiger partial charge is 0.459 e. The third kappa shape index (κ3) is 3.87. The Morgan fingerprint density at radius 2 is 2.24 bits per heavy atom. The lowest BCUT2D eigenvalue weighted by Gasteiger charge is -2.06. The third-order valence-corrected chi connectivity index (χ3v) is 2.85. The van der Waals surface area contributed by atoms with Crippen LogP contribution >= 0.6 is 0 Å². The van der Waals surface area contributed by atoms with Gasteiger partial charge in [-0.05, 0) is 31.5 Å². The van der Waals surface area contributed by atoms with E-state index in [2.05, 4.69) is 10.4 Å². The van der Waals surface area contributed by atoms with Crippen molar-refractivity contribution in [3.8, 4) is 0 Å². The Kier molecular flexibility index (Phi) is 4.35. The van der Waals surface area contributed by atoms with E-state index in [0.717, 1.165) is 6.07 Å². The highest BCUT2D eigenvalue weighted by Gasteiger charge is 2.34. The highest BCUT2D eigenvalue weighted by molar-refractivity contribution is 5.91. The fourth-order valence-corrected chi connectivity index (χ4v) is 1.80. The van der Waals surface area contributed by atoms with E-state index in [1.165, 1.54) is 17.0 Å². The number of hydrogen-bond donors (Lipinski definition) is 1. The van der Waals surface area contributed by atoms with E-state index in [4.69, 9.17) is 4.42 Å². The molecule has 2 rings (SSSR count). The van der Waals surface area contributed by atoms with E-state index in [1.54, 1.807) is 13.0 Å². The van der Waals surface area contributed by atoms with Crippen LogP contribution in [0, 0.1) is 6.92 Å². The first kappa shape index (κ1) is 15.1.